The third kappa shape index (κ3) is 17.8. The fourth-order valence-electron chi connectivity index (χ4n) is 8.93. The number of benzene rings is 5. The van der Waals surface area contributed by atoms with E-state index < -0.39 is 117 Å². The highest BCUT2D eigenvalue weighted by atomic mass is 16.8. The number of ether oxygens (including phenoxy) is 13. The van der Waals surface area contributed by atoms with Gasteiger partial charge >= 0.3 is 29.8 Å². The van der Waals surface area contributed by atoms with Gasteiger partial charge in [-0.25, -0.2) is 0 Å². The molecule has 0 N–H and O–H groups in total. The third-order valence-corrected chi connectivity index (χ3v) is 12.3. The van der Waals surface area contributed by atoms with E-state index in [1.54, 1.807) is 0 Å². The standard InChI is InChI=1S/C59H66O18/c1-38(60)65-37-49(72-39(2)61)51-54(73-40(3)62)55(74-41(4)63)57(75-42(5)64)59(76-51)71-36-48(66-31-43-21-11-6-12-22-43)50(67-32-44-23-13-7-14-24-44)53-52(68-33-45-25-15-8-16-26-45)56(69-34-46-27-17-9-18-28-46)58(77-53)70-35-47-29-19-10-20-30-47/h6-30,48-59H,31-37H2,1-5H3/t48-,49-,50+,51+,52-,53+,54+,55-,56-,57-,58-,59-/m0/s1. The fourth-order valence-corrected chi connectivity index (χ4v) is 8.93. The summed E-state index contributed by atoms with van der Waals surface area (Å²) in [7, 11) is 0. The van der Waals surface area contributed by atoms with Crippen LogP contribution in [-0.2, 0) is 119 Å². The second kappa shape index (κ2) is 29.6. The number of esters is 5. The van der Waals surface area contributed by atoms with E-state index in [0.29, 0.717) is 0 Å². The zero-order valence-corrected chi connectivity index (χ0v) is 43.7. The van der Waals surface area contributed by atoms with Crippen molar-refractivity contribution in [2.45, 2.75) is 141 Å². The van der Waals surface area contributed by atoms with Gasteiger partial charge in [0.25, 0.3) is 0 Å². The predicted molar refractivity (Wildman–Crippen MR) is 273 cm³/mol. The molecule has 2 saturated heterocycles. The van der Waals surface area contributed by atoms with Crippen LogP contribution in [0.2, 0.25) is 0 Å². The van der Waals surface area contributed by atoms with Crippen molar-refractivity contribution in [2.24, 2.45) is 0 Å². The molecule has 7 rings (SSSR count). The molecule has 0 aromatic heterocycles. The van der Waals surface area contributed by atoms with Gasteiger partial charge in [-0.1, -0.05) is 152 Å². The normalized spacial score (nSPS) is 23.2. The summed E-state index contributed by atoms with van der Waals surface area (Å²) >= 11 is 0. The predicted octanol–water partition coefficient (Wildman–Crippen LogP) is 7.30. The largest absolute Gasteiger partial charge is 0.462 e. The summed E-state index contributed by atoms with van der Waals surface area (Å²) in [6.07, 6.45) is -15.7. The molecule has 77 heavy (non-hydrogen) atoms. The van der Waals surface area contributed by atoms with Crippen LogP contribution in [0.1, 0.15) is 62.4 Å². The first-order chi connectivity index (χ1) is 37.3. The second-order valence-electron chi connectivity index (χ2n) is 18.4. The molecule has 2 aliphatic heterocycles. The number of hydrogen-bond donors (Lipinski definition) is 0. The Morgan fingerprint density at radius 1 is 0.390 bits per heavy atom. The van der Waals surface area contributed by atoms with Gasteiger partial charge < -0.3 is 61.6 Å². The quantitative estimate of drug-likeness (QED) is 0.0374. The van der Waals surface area contributed by atoms with Crippen LogP contribution in [0.15, 0.2) is 152 Å². The van der Waals surface area contributed by atoms with Crippen LogP contribution in [0.4, 0.5) is 0 Å². The topological polar surface area (TPSA) is 205 Å². The highest BCUT2D eigenvalue weighted by molar-refractivity contribution is 5.69. The maximum atomic E-state index is 13.0. The van der Waals surface area contributed by atoms with Crippen LogP contribution < -0.4 is 0 Å². The Morgan fingerprint density at radius 3 is 1.26 bits per heavy atom. The highest BCUT2D eigenvalue weighted by Crippen LogP contribution is 2.37. The molecule has 0 amide bonds. The molecule has 0 radical (unpaired) electrons. The van der Waals surface area contributed by atoms with Crippen LogP contribution in [0.25, 0.3) is 0 Å². The van der Waals surface area contributed by atoms with E-state index in [1.807, 2.05) is 152 Å². The van der Waals surface area contributed by atoms with Crippen LogP contribution in [0.3, 0.4) is 0 Å². The Hall–Kier alpha value is -6.87. The Morgan fingerprint density at radius 2 is 0.792 bits per heavy atom. The van der Waals surface area contributed by atoms with Crippen LogP contribution in [-0.4, -0.2) is 117 Å². The zero-order valence-electron chi connectivity index (χ0n) is 43.7. The number of hydrogen-bond acceptors (Lipinski definition) is 18. The third-order valence-electron chi connectivity index (χ3n) is 12.3. The van der Waals surface area contributed by atoms with Crippen molar-refractivity contribution in [3.8, 4) is 0 Å². The fraction of sp³-hybridized carbons (Fsp3) is 0.407. The first-order valence-corrected chi connectivity index (χ1v) is 25.3. The lowest BCUT2D eigenvalue weighted by Gasteiger charge is -2.46. The summed E-state index contributed by atoms with van der Waals surface area (Å²) in [5.41, 5.74) is 4.26. The minimum Gasteiger partial charge on any atom is -0.462 e. The first kappa shape index (κ1) is 57.8. The maximum Gasteiger partial charge on any atom is 0.303 e. The van der Waals surface area contributed by atoms with Gasteiger partial charge in [0.05, 0.1) is 39.6 Å². The number of carbonyl (C=O) groups is 5. The molecule has 0 aliphatic carbocycles. The Labute approximate surface area is 448 Å². The maximum absolute atomic E-state index is 13.0. The van der Waals surface area contributed by atoms with Crippen molar-refractivity contribution in [1.82, 2.24) is 0 Å². The summed E-state index contributed by atoms with van der Waals surface area (Å²) in [4.78, 5) is 63.5. The van der Waals surface area contributed by atoms with Crippen molar-refractivity contribution in [2.75, 3.05) is 13.2 Å². The summed E-state index contributed by atoms with van der Waals surface area (Å²) < 4.78 is 82.7. The van der Waals surface area contributed by atoms with Crippen molar-refractivity contribution in [3.63, 3.8) is 0 Å². The summed E-state index contributed by atoms with van der Waals surface area (Å²) in [6.45, 7) is 5.10. The monoisotopic (exact) mass is 1060 g/mol. The van der Waals surface area contributed by atoms with Crippen molar-refractivity contribution < 1.29 is 85.6 Å². The van der Waals surface area contributed by atoms with Gasteiger partial charge in [0, 0.05) is 34.6 Å². The molecule has 2 heterocycles. The van der Waals surface area contributed by atoms with E-state index >= 15 is 0 Å². The minimum absolute atomic E-state index is 0.0211. The van der Waals surface area contributed by atoms with Gasteiger partial charge in [-0.15, -0.1) is 0 Å². The lowest BCUT2D eigenvalue weighted by molar-refractivity contribution is -0.324. The molecular formula is C59H66O18. The SMILES string of the molecule is CC(=O)OC[C@H](OC(C)=O)[C@H]1O[C@H](OC[C@H](OCc2ccccc2)[C@@H](OCc2ccccc2)[C@H]2O[C@H](OCc3ccccc3)[C@@H](OCc3ccccc3)[C@H]2OCc2ccccc2)[C@@H](OC(C)=O)[C@@H](OC(C)=O)[C@@H]1OC(C)=O. The molecule has 2 aliphatic rings. The lowest BCUT2D eigenvalue weighted by atomic mass is 9.94. The average Bonchev–Trinajstić information content (AvgIpc) is 3.78. The van der Waals surface area contributed by atoms with E-state index in [1.165, 1.54) is 0 Å². The molecule has 5 aromatic rings. The molecule has 18 heteroatoms. The number of rotatable bonds is 27. The Kier molecular flexibility index (Phi) is 22.2. The van der Waals surface area contributed by atoms with Crippen LogP contribution in [0, 0.1) is 0 Å². The van der Waals surface area contributed by atoms with Gasteiger partial charge in [0.2, 0.25) is 0 Å². The number of carbonyl (C=O) groups excluding carboxylic acids is 5. The molecule has 410 valence electrons. The van der Waals surface area contributed by atoms with Crippen molar-refractivity contribution >= 4 is 29.8 Å². The molecule has 2 fully saturated rings. The van der Waals surface area contributed by atoms with Gasteiger partial charge in [-0.3, -0.25) is 24.0 Å². The van der Waals surface area contributed by atoms with E-state index in [-0.39, 0.29) is 33.0 Å². The minimum atomic E-state index is -1.69. The molecule has 0 bridgehead atoms. The van der Waals surface area contributed by atoms with Gasteiger partial charge in [-0.05, 0) is 27.8 Å². The molecule has 12 atom stereocenters. The van der Waals surface area contributed by atoms with E-state index in [9.17, 15) is 24.0 Å². The van der Waals surface area contributed by atoms with Crippen molar-refractivity contribution in [1.29, 1.82) is 0 Å². The first-order valence-electron chi connectivity index (χ1n) is 25.3. The zero-order chi connectivity index (χ0) is 54.5. The smallest absolute Gasteiger partial charge is 0.303 e. The molecule has 0 unspecified atom stereocenters. The summed E-state index contributed by atoms with van der Waals surface area (Å²) in [6, 6.07) is 47.8. The Bertz CT molecular complexity index is 2590. The Balaban J connectivity index is 1.32. The lowest BCUT2D eigenvalue weighted by Crippen LogP contribution is -2.65. The second-order valence-corrected chi connectivity index (χ2v) is 18.4. The van der Waals surface area contributed by atoms with Gasteiger partial charge in [0.1, 0.15) is 43.2 Å². The van der Waals surface area contributed by atoms with E-state index in [0.717, 1.165) is 62.4 Å². The molecule has 5 aromatic carbocycles. The average molecular weight is 1060 g/mol. The van der Waals surface area contributed by atoms with E-state index in [4.69, 9.17) is 61.6 Å². The van der Waals surface area contributed by atoms with Gasteiger partial charge in [0.15, 0.2) is 37.0 Å². The summed E-state index contributed by atoms with van der Waals surface area (Å²) in [5.74, 6) is -4.12. The van der Waals surface area contributed by atoms with Crippen LogP contribution in [0.5, 0.6) is 0 Å². The summed E-state index contributed by atoms with van der Waals surface area (Å²) in [5, 5.41) is 0. The molecule has 0 saturated carbocycles. The molecular weight excluding hydrogens is 997 g/mol. The highest BCUT2D eigenvalue weighted by Gasteiger charge is 2.57. The van der Waals surface area contributed by atoms with E-state index in [2.05, 4.69) is 0 Å². The van der Waals surface area contributed by atoms with Crippen LogP contribution >= 0.6 is 0 Å². The molecule has 18 nitrogen and oxygen atoms in total. The van der Waals surface area contributed by atoms with Crippen molar-refractivity contribution in [3.05, 3.63) is 179 Å². The van der Waals surface area contributed by atoms with Gasteiger partial charge in [-0.2, -0.15) is 0 Å². The molecule has 0 spiro atoms.